The Kier molecular flexibility index (Phi) is 3.97. The lowest BCUT2D eigenvalue weighted by molar-refractivity contribution is -0.131. The third kappa shape index (κ3) is 3.32. The van der Waals surface area contributed by atoms with Crippen LogP contribution in [0.2, 0.25) is 0 Å². The molecule has 96 valence electrons. The Balaban J connectivity index is 1.95. The van der Waals surface area contributed by atoms with Crippen molar-refractivity contribution in [3.63, 3.8) is 0 Å². The van der Waals surface area contributed by atoms with Crippen molar-refractivity contribution in [2.45, 2.75) is 19.3 Å². The van der Waals surface area contributed by atoms with Gasteiger partial charge in [-0.25, -0.2) is 9.78 Å². The Morgan fingerprint density at radius 2 is 2.33 bits per heavy atom. The lowest BCUT2D eigenvalue weighted by atomic mass is 9.85. The summed E-state index contributed by atoms with van der Waals surface area (Å²) in [4.78, 5) is 16.9. The van der Waals surface area contributed by atoms with E-state index >= 15 is 0 Å². The maximum Gasteiger partial charge on any atom is 0.328 e. The summed E-state index contributed by atoms with van der Waals surface area (Å²) in [6.07, 6.45) is 8.37. The monoisotopic (exact) mass is 246 g/mol. The second-order valence-electron chi connectivity index (χ2n) is 4.80. The summed E-state index contributed by atoms with van der Waals surface area (Å²) in [7, 11) is 2.05. The SMILES string of the molecule is CN(CC1CCC1)c1ccc(/C=C/C(=O)O)cn1. The van der Waals surface area contributed by atoms with E-state index in [0.29, 0.717) is 0 Å². The van der Waals surface area contributed by atoms with Crippen LogP contribution in [0.4, 0.5) is 5.82 Å². The molecule has 0 radical (unpaired) electrons. The van der Waals surface area contributed by atoms with E-state index in [1.165, 1.54) is 19.3 Å². The van der Waals surface area contributed by atoms with E-state index in [1.807, 2.05) is 19.2 Å². The van der Waals surface area contributed by atoms with Crippen molar-refractivity contribution in [1.29, 1.82) is 0 Å². The van der Waals surface area contributed by atoms with Gasteiger partial charge in [-0.2, -0.15) is 0 Å². The fraction of sp³-hybridized carbons (Fsp3) is 0.429. The topological polar surface area (TPSA) is 53.4 Å². The molecule has 4 heteroatoms. The zero-order valence-corrected chi connectivity index (χ0v) is 10.5. The van der Waals surface area contributed by atoms with E-state index in [4.69, 9.17) is 5.11 Å². The molecule has 0 bridgehead atoms. The fourth-order valence-electron chi connectivity index (χ4n) is 2.05. The average molecular weight is 246 g/mol. The predicted octanol–water partition coefficient (Wildman–Crippen LogP) is 2.42. The van der Waals surface area contributed by atoms with Gasteiger partial charge in [0.15, 0.2) is 0 Å². The highest BCUT2D eigenvalue weighted by Gasteiger charge is 2.19. The third-order valence-corrected chi connectivity index (χ3v) is 3.34. The number of carbonyl (C=O) groups is 1. The molecule has 4 nitrogen and oxygen atoms in total. The highest BCUT2D eigenvalue weighted by atomic mass is 16.4. The lowest BCUT2D eigenvalue weighted by Crippen LogP contribution is -2.29. The van der Waals surface area contributed by atoms with Crippen molar-refractivity contribution in [3.05, 3.63) is 30.0 Å². The molecule has 2 rings (SSSR count). The zero-order valence-electron chi connectivity index (χ0n) is 10.5. The van der Waals surface area contributed by atoms with Gasteiger partial charge in [-0.15, -0.1) is 0 Å². The largest absolute Gasteiger partial charge is 0.478 e. The van der Waals surface area contributed by atoms with E-state index in [2.05, 4.69) is 9.88 Å². The number of hydrogen-bond donors (Lipinski definition) is 1. The van der Waals surface area contributed by atoms with Gasteiger partial charge in [0.25, 0.3) is 0 Å². The van der Waals surface area contributed by atoms with Gasteiger partial charge in [-0.1, -0.05) is 6.42 Å². The number of hydrogen-bond acceptors (Lipinski definition) is 3. The van der Waals surface area contributed by atoms with Crippen LogP contribution in [-0.2, 0) is 4.79 Å². The minimum atomic E-state index is -0.943. The van der Waals surface area contributed by atoms with Crippen LogP contribution in [0.5, 0.6) is 0 Å². The number of pyridine rings is 1. The Bertz CT molecular complexity index is 436. The van der Waals surface area contributed by atoms with Crippen LogP contribution in [0.25, 0.3) is 6.08 Å². The molecule has 0 saturated heterocycles. The molecular weight excluding hydrogens is 228 g/mol. The Labute approximate surface area is 107 Å². The number of anilines is 1. The summed E-state index contributed by atoms with van der Waals surface area (Å²) in [6.45, 7) is 1.05. The van der Waals surface area contributed by atoms with Gasteiger partial charge in [0, 0.05) is 25.9 Å². The molecule has 0 amide bonds. The van der Waals surface area contributed by atoms with Crippen molar-refractivity contribution >= 4 is 17.9 Å². The van der Waals surface area contributed by atoms with Gasteiger partial charge in [-0.05, 0) is 42.5 Å². The predicted molar refractivity (Wildman–Crippen MR) is 71.5 cm³/mol. The molecule has 0 spiro atoms. The Morgan fingerprint density at radius 3 is 2.83 bits per heavy atom. The van der Waals surface area contributed by atoms with Gasteiger partial charge < -0.3 is 10.0 Å². The molecule has 0 atom stereocenters. The Hall–Kier alpha value is -1.84. The maximum absolute atomic E-state index is 10.4. The molecule has 18 heavy (non-hydrogen) atoms. The molecular formula is C14H18N2O2. The van der Waals surface area contributed by atoms with Crippen LogP contribution >= 0.6 is 0 Å². The first-order chi connectivity index (χ1) is 8.65. The summed E-state index contributed by atoms with van der Waals surface area (Å²) >= 11 is 0. The second-order valence-corrected chi connectivity index (χ2v) is 4.80. The number of nitrogens with zero attached hydrogens (tertiary/aromatic N) is 2. The maximum atomic E-state index is 10.4. The number of aliphatic carboxylic acids is 1. The quantitative estimate of drug-likeness (QED) is 0.811. The van der Waals surface area contributed by atoms with Gasteiger partial charge in [0.2, 0.25) is 0 Å². The number of carboxylic acids is 1. The van der Waals surface area contributed by atoms with Crippen LogP contribution in [0.3, 0.4) is 0 Å². The second kappa shape index (κ2) is 5.67. The van der Waals surface area contributed by atoms with Crippen molar-refractivity contribution in [2.75, 3.05) is 18.5 Å². The smallest absolute Gasteiger partial charge is 0.328 e. The summed E-state index contributed by atoms with van der Waals surface area (Å²) in [5.74, 6) is 0.805. The zero-order chi connectivity index (χ0) is 13.0. The average Bonchev–Trinajstić information content (AvgIpc) is 2.31. The number of carboxylic acid groups (broad SMARTS) is 1. The standard InChI is InChI=1S/C14H18N2O2/c1-16(10-12-3-2-4-12)13-7-5-11(9-15-13)6-8-14(17)18/h5-9,12H,2-4,10H2,1H3,(H,17,18)/b8-6+. The van der Waals surface area contributed by atoms with E-state index < -0.39 is 5.97 Å². The molecule has 0 aromatic carbocycles. The molecule has 1 N–H and O–H groups in total. The summed E-state index contributed by atoms with van der Waals surface area (Å²) in [5, 5.41) is 8.53. The molecule has 1 heterocycles. The summed E-state index contributed by atoms with van der Waals surface area (Å²) in [6, 6.07) is 3.82. The van der Waals surface area contributed by atoms with Crippen LogP contribution in [0.15, 0.2) is 24.4 Å². The fourth-order valence-corrected chi connectivity index (χ4v) is 2.05. The van der Waals surface area contributed by atoms with Crippen LogP contribution in [-0.4, -0.2) is 29.7 Å². The van der Waals surface area contributed by atoms with Gasteiger partial charge in [-0.3, -0.25) is 0 Å². The van der Waals surface area contributed by atoms with E-state index in [1.54, 1.807) is 12.3 Å². The lowest BCUT2D eigenvalue weighted by Gasteiger charge is -2.30. The van der Waals surface area contributed by atoms with Crippen molar-refractivity contribution in [3.8, 4) is 0 Å². The normalized spacial score (nSPS) is 15.6. The van der Waals surface area contributed by atoms with Crippen LogP contribution in [0.1, 0.15) is 24.8 Å². The van der Waals surface area contributed by atoms with Crippen molar-refractivity contribution in [1.82, 2.24) is 4.98 Å². The minimum absolute atomic E-state index is 0.804. The molecule has 1 saturated carbocycles. The minimum Gasteiger partial charge on any atom is -0.478 e. The summed E-state index contributed by atoms with van der Waals surface area (Å²) < 4.78 is 0. The molecule has 0 aliphatic heterocycles. The first-order valence-corrected chi connectivity index (χ1v) is 6.23. The van der Waals surface area contributed by atoms with E-state index in [-0.39, 0.29) is 0 Å². The molecule has 1 aliphatic carbocycles. The molecule has 0 unspecified atom stereocenters. The first kappa shape index (κ1) is 12.6. The molecule has 1 aliphatic rings. The van der Waals surface area contributed by atoms with Crippen molar-refractivity contribution in [2.24, 2.45) is 5.92 Å². The van der Waals surface area contributed by atoms with Crippen LogP contribution in [0, 0.1) is 5.92 Å². The van der Waals surface area contributed by atoms with Gasteiger partial charge in [0.05, 0.1) is 0 Å². The summed E-state index contributed by atoms with van der Waals surface area (Å²) in [5.41, 5.74) is 0.804. The number of aromatic nitrogens is 1. The van der Waals surface area contributed by atoms with E-state index in [9.17, 15) is 4.79 Å². The van der Waals surface area contributed by atoms with Crippen LogP contribution < -0.4 is 4.90 Å². The molecule has 1 aromatic heterocycles. The van der Waals surface area contributed by atoms with Gasteiger partial charge >= 0.3 is 5.97 Å². The Morgan fingerprint density at radius 1 is 1.56 bits per heavy atom. The van der Waals surface area contributed by atoms with Crippen molar-refractivity contribution < 1.29 is 9.90 Å². The van der Waals surface area contributed by atoms with E-state index in [0.717, 1.165) is 29.9 Å². The van der Waals surface area contributed by atoms with Gasteiger partial charge in [0.1, 0.15) is 5.82 Å². The molecule has 1 aromatic rings. The third-order valence-electron chi connectivity index (χ3n) is 3.34. The number of rotatable bonds is 5. The first-order valence-electron chi connectivity index (χ1n) is 6.23. The highest BCUT2D eigenvalue weighted by Crippen LogP contribution is 2.27. The highest BCUT2D eigenvalue weighted by molar-refractivity contribution is 5.85. The molecule has 1 fully saturated rings.